The summed E-state index contributed by atoms with van der Waals surface area (Å²) in [6.07, 6.45) is 8.72. The molecule has 1 aromatic heterocycles. The van der Waals surface area contributed by atoms with E-state index in [0.717, 1.165) is 48.3 Å². The molecule has 0 radical (unpaired) electrons. The second-order valence-electron chi connectivity index (χ2n) is 8.31. The van der Waals surface area contributed by atoms with E-state index in [-0.39, 0.29) is 29.2 Å². The van der Waals surface area contributed by atoms with Gasteiger partial charge in [-0.2, -0.15) is 5.10 Å². The first-order valence-corrected chi connectivity index (χ1v) is 9.52. The summed E-state index contributed by atoms with van der Waals surface area (Å²) in [5.41, 5.74) is 7.29. The minimum atomic E-state index is -0.188. The Morgan fingerprint density at radius 1 is 1.00 bits per heavy atom. The normalized spacial score (nSPS) is 29.4. The number of carbonyl (C=O) groups is 1. The number of hydrogen-bond acceptors (Lipinski definition) is 5. The van der Waals surface area contributed by atoms with Gasteiger partial charge in [-0.05, 0) is 56.3 Å². The maximum atomic E-state index is 13.0. The summed E-state index contributed by atoms with van der Waals surface area (Å²) in [6, 6.07) is 9.82. The topological polar surface area (TPSA) is 111 Å². The van der Waals surface area contributed by atoms with Crippen LogP contribution in [0.2, 0.25) is 0 Å². The SMILES string of the molecule is Cl.O.O=C(NNc1nncc(-c2ccccc2)n1)C12CC3CC(CC(C3)C1)C2. The first-order chi connectivity index (χ1) is 12.7. The number of nitrogens with one attached hydrogen (secondary N) is 2. The number of halogens is 1. The molecule has 28 heavy (non-hydrogen) atoms. The van der Waals surface area contributed by atoms with E-state index >= 15 is 0 Å². The third-order valence-corrected chi connectivity index (χ3v) is 6.44. The number of carbonyl (C=O) groups excluding carboxylic acids is 1. The lowest BCUT2D eigenvalue weighted by Gasteiger charge is -2.55. The fraction of sp³-hybridized carbons (Fsp3) is 0.500. The Morgan fingerprint density at radius 2 is 1.61 bits per heavy atom. The Kier molecular flexibility index (Phi) is 5.86. The number of rotatable bonds is 4. The van der Waals surface area contributed by atoms with Gasteiger partial charge in [-0.3, -0.25) is 15.6 Å². The van der Waals surface area contributed by atoms with Gasteiger partial charge in [-0.15, -0.1) is 17.5 Å². The van der Waals surface area contributed by atoms with Gasteiger partial charge in [0.1, 0.15) is 0 Å². The zero-order valence-corrected chi connectivity index (χ0v) is 16.4. The number of hydrogen-bond donors (Lipinski definition) is 2. The summed E-state index contributed by atoms with van der Waals surface area (Å²) < 4.78 is 0. The van der Waals surface area contributed by atoms with E-state index in [2.05, 4.69) is 26.0 Å². The van der Waals surface area contributed by atoms with Crippen LogP contribution in [-0.2, 0) is 4.79 Å². The number of amides is 1. The van der Waals surface area contributed by atoms with Crippen molar-refractivity contribution >= 4 is 24.3 Å². The van der Waals surface area contributed by atoms with E-state index < -0.39 is 0 Å². The molecular formula is C20H26ClN5O2. The Balaban J connectivity index is 0.00000112. The van der Waals surface area contributed by atoms with Crippen LogP contribution in [0.25, 0.3) is 11.3 Å². The molecule has 4 aliphatic carbocycles. The third-order valence-electron chi connectivity index (χ3n) is 6.44. The van der Waals surface area contributed by atoms with E-state index in [9.17, 15) is 4.79 Å². The maximum Gasteiger partial charge on any atom is 0.262 e. The smallest absolute Gasteiger partial charge is 0.262 e. The van der Waals surface area contributed by atoms with Gasteiger partial charge in [-0.25, -0.2) is 4.98 Å². The second-order valence-corrected chi connectivity index (χ2v) is 8.31. The van der Waals surface area contributed by atoms with Gasteiger partial charge < -0.3 is 5.48 Å². The molecule has 1 aromatic carbocycles. The highest BCUT2D eigenvalue weighted by Crippen LogP contribution is 2.60. The lowest BCUT2D eigenvalue weighted by atomic mass is 9.49. The highest BCUT2D eigenvalue weighted by molar-refractivity contribution is 5.85. The predicted molar refractivity (Wildman–Crippen MR) is 108 cm³/mol. The molecule has 0 spiro atoms. The molecule has 7 nitrogen and oxygen atoms in total. The van der Waals surface area contributed by atoms with Gasteiger partial charge in [0, 0.05) is 5.56 Å². The van der Waals surface area contributed by atoms with Gasteiger partial charge in [0.15, 0.2) is 0 Å². The standard InChI is InChI=1S/C20H23N5O.ClH.H2O/c26-18(20-9-13-6-14(10-20)8-15(7-13)11-20)23-25-19-22-17(12-21-24-19)16-4-2-1-3-5-16;;/h1-5,12-15H,6-11H2,(H,23,26)(H,22,24,25);1H;1H2. The molecule has 0 aliphatic heterocycles. The molecule has 150 valence electrons. The van der Waals surface area contributed by atoms with Crippen LogP contribution in [-0.4, -0.2) is 26.6 Å². The van der Waals surface area contributed by atoms with Crippen molar-refractivity contribution in [2.45, 2.75) is 38.5 Å². The molecule has 4 bridgehead atoms. The Labute approximate surface area is 170 Å². The van der Waals surface area contributed by atoms with Gasteiger partial charge in [0.2, 0.25) is 5.91 Å². The Hall–Kier alpha value is -2.25. The zero-order valence-electron chi connectivity index (χ0n) is 15.6. The largest absolute Gasteiger partial charge is 0.412 e. The lowest BCUT2D eigenvalue weighted by Crippen LogP contribution is -2.54. The number of aromatic nitrogens is 3. The van der Waals surface area contributed by atoms with Crippen molar-refractivity contribution in [1.29, 1.82) is 0 Å². The average Bonchev–Trinajstić information content (AvgIpc) is 2.66. The molecule has 2 aromatic rings. The summed E-state index contributed by atoms with van der Waals surface area (Å²) in [6.45, 7) is 0. The summed E-state index contributed by atoms with van der Waals surface area (Å²) in [7, 11) is 0. The summed E-state index contributed by atoms with van der Waals surface area (Å²) in [5.74, 6) is 2.65. The fourth-order valence-corrected chi connectivity index (χ4v) is 5.74. The molecule has 0 atom stereocenters. The van der Waals surface area contributed by atoms with E-state index in [1.807, 2.05) is 30.3 Å². The van der Waals surface area contributed by atoms with Crippen LogP contribution in [0.3, 0.4) is 0 Å². The van der Waals surface area contributed by atoms with E-state index in [1.54, 1.807) is 6.20 Å². The molecular weight excluding hydrogens is 378 g/mol. The summed E-state index contributed by atoms with van der Waals surface area (Å²) in [4.78, 5) is 17.4. The molecule has 6 rings (SSSR count). The van der Waals surface area contributed by atoms with Gasteiger partial charge in [0.05, 0.1) is 17.3 Å². The minimum absolute atomic E-state index is 0. The second kappa shape index (κ2) is 8.01. The van der Waals surface area contributed by atoms with Crippen molar-refractivity contribution in [2.24, 2.45) is 23.2 Å². The van der Waals surface area contributed by atoms with Crippen molar-refractivity contribution < 1.29 is 10.3 Å². The average molecular weight is 404 g/mol. The molecule has 4 fully saturated rings. The molecule has 4 N–H and O–H groups in total. The van der Waals surface area contributed by atoms with Crippen LogP contribution in [0.15, 0.2) is 36.5 Å². The van der Waals surface area contributed by atoms with E-state index in [0.29, 0.717) is 5.95 Å². The fourth-order valence-electron chi connectivity index (χ4n) is 5.74. The van der Waals surface area contributed by atoms with E-state index in [4.69, 9.17) is 0 Å². The molecule has 4 saturated carbocycles. The first kappa shape index (κ1) is 20.5. The number of benzene rings is 1. The summed E-state index contributed by atoms with van der Waals surface area (Å²) >= 11 is 0. The first-order valence-electron chi connectivity index (χ1n) is 9.52. The quantitative estimate of drug-likeness (QED) is 0.762. The Morgan fingerprint density at radius 3 is 2.21 bits per heavy atom. The van der Waals surface area contributed by atoms with Crippen LogP contribution < -0.4 is 10.9 Å². The third kappa shape index (κ3) is 3.69. The van der Waals surface area contributed by atoms with Crippen LogP contribution in [0, 0.1) is 23.2 Å². The highest BCUT2D eigenvalue weighted by atomic mass is 35.5. The van der Waals surface area contributed by atoms with Crippen LogP contribution in [0.4, 0.5) is 5.95 Å². The molecule has 1 amide bonds. The lowest BCUT2D eigenvalue weighted by molar-refractivity contribution is -0.145. The van der Waals surface area contributed by atoms with E-state index in [1.165, 1.54) is 19.3 Å². The van der Waals surface area contributed by atoms with Crippen molar-refractivity contribution in [3.63, 3.8) is 0 Å². The van der Waals surface area contributed by atoms with Gasteiger partial charge in [0.25, 0.3) is 5.95 Å². The van der Waals surface area contributed by atoms with Crippen LogP contribution in [0.1, 0.15) is 38.5 Å². The van der Waals surface area contributed by atoms with Gasteiger partial charge in [-0.1, -0.05) is 30.3 Å². The van der Waals surface area contributed by atoms with Crippen LogP contribution >= 0.6 is 12.4 Å². The molecule has 4 aliphatic rings. The predicted octanol–water partition coefficient (Wildman–Crippen LogP) is 2.80. The van der Waals surface area contributed by atoms with Crippen molar-refractivity contribution in [3.8, 4) is 11.3 Å². The highest BCUT2D eigenvalue weighted by Gasteiger charge is 2.54. The molecule has 1 heterocycles. The number of nitrogens with zero attached hydrogens (tertiary/aromatic N) is 3. The number of anilines is 1. The minimum Gasteiger partial charge on any atom is -0.412 e. The number of hydrazine groups is 1. The van der Waals surface area contributed by atoms with Crippen molar-refractivity contribution in [1.82, 2.24) is 20.6 Å². The summed E-state index contributed by atoms with van der Waals surface area (Å²) in [5, 5.41) is 8.00. The maximum absolute atomic E-state index is 13.0. The van der Waals surface area contributed by atoms with Crippen molar-refractivity contribution in [3.05, 3.63) is 36.5 Å². The Bertz CT molecular complexity index is 797. The van der Waals surface area contributed by atoms with Crippen LogP contribution in [0.5, 0.6) is 0 Å². The monoisotopic (exact) mass is 403 g/mol. The van der Waals surface area contributed by atoms with Gasteiger partial charge >= 0.3 is 0 Å². The molecule has 0 unspecified atom stereocenters. The zero-order chi connectivity index (χ0) is 17.6. The van der Waals surface area contributed by atoms with Crippen molar-refractivity contribution in [2.75, 3.05) is 5.43 Å². The molecule has 8 heteroatoms. The molecule has 0 saturated heterocycles.